The van der Waals surface area contributed by atoms with Crippen LogP contribution in [-0.4, -0.2) is 13.0 Å². The van der Waals surface area contributed by atoms with Crippen molar-refractivity contribution in [1.82, 2.24) is 0 Å². The second kappa shape index (κ2) is 6.46. The molecule has 0 saturated heterocycles. The quantitative estimate of drug-likeness (QED) is 0.721. The number of nitrogens with one attached hydrogen (secondary N) is 1. The molecule has 0 aliphatic rings. The van der Waals surface area contributed by atoms with E-state index in [-0.39, 0.29) is 12.3 Å². The standard InChI is InChI=1S/C18H16BrNO3/c1-11-7-13(3-6-16(11)19)20-18(21)8-12-10-23-17-9-14(22-2)4-5-15(12)17/h3-7,9-10H,8H2,1-2H3,(H,20,21). The Labute approximate surface area is 142 Å². The molecule has 1 heterocycles. The fraction of sp³-hybridized carbons (Fsp3) is 0.167. The van der Waals surface area contributed by atoms with Gasteiger partial charge in [-0.15, -0.1) is 0 Å². The van der Waals surface area contributed by atoms with Gasteiger partial charge >= 0.3 is 0 Å². The number of carbonyl (C=O) groups is 1. The van der Waals surface area contributed by atoms with E-state index < -0.39 is 0 Å². The number of carbonyl (C=O) groups excluding carboxylic acids is 1. The summed E-state index contributed by atoms with van der Waals surface area (Å²) in [6, 6.07) is 11.3. The predicted molar refractivity (Wildman–Crippen MR) is 94.0 cm³/mol. The first-order valence-corrected chi connectivity index (χ1v) is 7.96. The average Bonchev–Trinajstić information content (AvgIpc) is 2.93. The minimum absolute atomic E-state index is 0.0785. The van der Waals surface area contributed by atoms with Crippen LogP contribution in [0.5, 0.6) is 5.75 Å². The Morgan fingerprint density at radius 2 is 2.09 bits per heavy atom. The third-order valence-electron chi connectivity index (χ3n) is 3.66. The van der Waals surface area contributed by atoms with Crippen LogP contribution in [0.15, 0.2) is 51.6 Å². The Balaban J connectivity index is 1.76. The monoisotopic (exact) mass is 373 g/mol. The van der Waals surface area contributed by atoms with Gasteiger partial charge in [0.2, 0.25) is 5.91 Å². The molecule has 3 aromatic rings. The highest BCUT2D eigenvalue weighted by atomic mass is 79.9. The van der Waals surface area contributed by atoms with Gasteiger partial charge in [-0.1, -0.05) is 15.9 Å². The van der Waals surface area contributed by atoms with Crippen LogP contribution in [-0.2, 0) is 11.2 Å². The Hall–Kier alpha value is -2.27. The van der Waals surface area contributed by atoms with E-state index in [1.807, 2.05) is 43.3 Å². The maximum atomic E-state index is 12.3. The molecule has 2 aromatic carbocycles. The predicted octanol–water partition coefficient (Wildman–Crippen LogP) is 4.69. The molecule has 0 bridgehead atoms. The van der Waals surface area contributed by atoms with E-state index in [4.69, 9.17) is 9.15 Å². The lowest BCUT2D eigenvalue weighted by atomic mass is 10.1. The summed E-state index contributed by atoms with van der Waals surface area (Å²) >= 11 is 3.45. The van der Waals surface area contributed by atoms with Crippen LogP contribution in [0, 0.1) is 6.92 Å². The van der Waals surface area contributed by atoms with Gasteiger partial charge in [-0.25, -0.2) is 0 Å². The van der Waals surface area contributed by atoms with Gasteiger partial charge in [0.1, 0.15) is 11.3 Å². The molecule has 0 spiro atoms. The fourth-order valence-electron chi connectivity index (χ4n) is 2.43. The van der Waals surface area contributed by atoms with Crippen molar-refractivity contribution >= 4 is 38.5 Å². The smallest absolute Gasteiger partial charge is 0.228 e. The lowest BCUT2D eigenvalue weighted by Gasteiger charge is -2.06. The molecule has 0 fully saturated rings. The largest absolute Gasteiger partial charge is 0.497 e. The van der Waals surface area contributed by atoms with Gasteiger partial charge in [-0.2, -0.15) is 0 Å². The van der Waals surface area contributed by atoms with E-state index in [9.17, 15) is 4.79 Å². The molecule has 118 valence electrons. The van der Waals surface area contributed by atoms with Crippen LogP contribution in [0.25, 0.3) is 11.0 Å². The molecule has 4 nitrogen and oxygen atoms in total. The van der Waals surface area contributed by atoms with Crippen molar-refractivity contribution in [2.24, 2.45) is 0 Å². The molecular weight excluding hydrogens is 358 g/mol. The maximum absolute atomic E-state index is 12.3. The Kier molecular flexibility index (Phi) is 4.39. The fourth-order valence-corrected chi connectivity index (χ4v) is 2.67. The highest BCUT2D eigenvalue weighted by Gasteiger charge is 2.11. The maximum Gasteiger partial charge on any atom is 0.228 e. The zero-order chi connectivity index (χ0) is 16.4. The lowest BCUT2D eigenvalue weighted by molar-refractivity contribution is -0.115. The molecule has 0 unspecified atom stereocenters. The lowest BCUT2D eigenvalue weighted by Crippen LogP contribution is -2.14. The summed E-state index contributed by atoms with van der Waals surface area (Å²) in [5.74, 6) is 0.651. The van der Waals surface area contributed by atoms with Crippen LogP contribution in [0.1, 0.15) is 11.1 Å². The zero-order valence-electron chi connectivity index (χ0n) is 12.9. The number of anilines is 1. The Bertz CT molecular complexity index is 870. The molecule has 0 radical (unpaired) electrons. The highest BCUT2D eigenvalue weighted by molar-refractivity contribution is 9.10. The molecule has 0 saturated carbocycles. The summed E-state index contributed by atoms with van der Waals surface area (Å²) in [5.41, 5.74) is 3.43. The number of ether oxygens (including phenoxy) is 1. The summed E-state index contributed by atoms with van der Waals surface area (Å²) in [6.45, 7) is 1.98. The number of rotatable bonds is 4. The topological polar surface area (TPSA) is 51.5 Å². The minimum Gasteiger partial charge on any atom is -0.497 e. The number of fused-ring (bicyclic) bond motifs is 1. The molecular formula is C18H16BrNO3. The number of benzene rings is 2. The van der Waals surface area contributed by atoms with Crippen LogP contribution in [0.3, 0.4) is 0 Å². The summed E-state index contributed by atoms with van der Waals surface area (Å²) in [4.78, 5) is 12.3. The van der Waals surface area contributed by atoms with Crippen LogP contribution >= 0.6 is 15.9 Å². The normalized spacial score (nSPS) is 10.7. The summed E-state index contributed by atoms with van der Waals surface area (Å²) in [6.07, 6.45) is 1.88. The number of halogens is 1. The molecule has 1 N–H and O–H groups in total. The van der Waals surface area contributed by atoms with Crippen molar-refractivity contribution in [3.05, 3.63) is 58.3 Å². The van der Waals surface area contributed by atoms with Gasteiger partial charge in [0.15, 0.2) is 0 Å². The molecule has 1 amide bonds. The second-order valence-electron chi connectivity index (χ2n) is 5.31. The molecule has 5 heteroatoms. The SMILES string of the molecule is COc1ccc2c(CC(=O)Nc3ccc(Br)c(C)c3)coc2c1. The number of aryl methyl sites for hydroxylation is 1. The number of amides is 1. The summed E-state index contributed by atoms with van der Waals surface area (Å²) < 4.78 is 11.7. The first-order chi connectivity index (χ1) is 11.1. The van der Waals surface area contributed by atoms with Gasteiger partial charge in [0.25, 0.3) is 0 Å². The molecule has 3 rings (SSSR count). The van der Waals surface area contributed by atoms with E-state index in [0.29, 0.717) is 5.58 Å². The first-order valence-electron chi connectivity index (χ1n) is 7.17. The van der Waals surface area contributed by atoms with E-state index in [1.165, 1.54) is 0 Å². The van der Waals surface area contributed by atoms with Gasteiger partial charge < -0.3 is 14.5 Å². The van der Waals surface area contributed by atoms with Crippen molar-refractivity contribution < 1.29 is 13.9 Å². The Morgan fingerprint density at radius 3 is 2.83 bits per heavy atom. The van der Waals surface area contributed by atoms with Gasteiger partial charge in [0, 0.05) is 27.2 Å². The van der Waals surface area contributed by atoms with Gasteiger partial charge in [-0.3, -0.25) is 4.79 Å². The molecule has 23 heavy (non-hydrogen) atoms. The number of hydrogen-bond donors (Lipinski definition) is 1. The van der Waals surface area contributed by atoms with Crippen LogP contribution in [0.2, 0.25) is 0 Å². The third-order valence-corrected chi connectivity index (χ3v) is 4.55. The molecule has 1 aromatic heterocycles. The average molecular weight is 374 g/mol. The third kappa shape index (κ3) is 3.40. The van der Waals surface area contributed by atoms with E-state index in [0.717, 1.165) is 32.4 Å². The highest BCUT2D eigenvalue weighted by Crippen LogP contribution is 2.26. The number of methoxy groups -OCH3 is 1. The summed E-state index contributed by atoms with van der Waals surface area (Å²) in [5, 5.41) is 3.83. The summed E-state index contributed by atoms with van der Waals surface area (Å²) in [7, 11) is 1.61. The van der Waals surface area contributed by atoms with Crippen molar-refractivity contribution in [2.75, 3.05) is 12.4 Å². The molecule has 0 atom stereocenters. The van der Waals surface area contributed by atoms with Crippen molar-refractivity contribution in [3.63, 3.8) is 0 Å². The first kappa shape index (κ1) is 15.6. The van der Waals surface area contributed by atoms with Crippen molar-refractivity contribution in [1.29, 1.82) is 0 Å². The van der Waals surface area contributed by atoms with E-state index >= 15 is 0 Å². The van der Waals surface area contributed by atoms with Crippen LogP contribution < -0.4 is 10.1 Å². The number of furan rings is 1. The minimum atomic E-state index is -0.0785. The van der Waals surface area contributed by atoms with Crippen molar-refractivity contribution in [3.8, 4) is 5.75 Å². The zero-order valence-corrected chi connectivity index (χ0v) is 14.4. The molecule has 0 aliphatic carbocycles. The Morgan fingerprint density at radius 1 is 1.26 bits per heavy atom. The van der Waals surface area contributed by atoms with E-state index in [2.05, 4.69) is 21.2 Å². The van der Waals surface area contributed by atoms with E-state index in [1.54, 1.807) is 13.4 Å². The molecule has 0 aliphatic heterocycles. The van der Waals surface area contributed by atoms with Gasteiger partial charge in [-0.05, 0) is 42.8 Å². The van der Waals surface area contributed by atoms with Crippen molar-refractivity contribution in [2.45, 2.75) is 13.3 Å². The van der Waals surface area contributed by atoms with Crippen LogP contribution in [0.4, 0.5) is 5.69 Å². The number of hydrogen-bond acceptors (Lipinski definition) is 3. The second-order valence-corrected chi connectivity index (χ2v) is 6.17. The van der Waals surface area contributed by atoms with Gasteiger partial charge in [0.05, 0.1) is 19.8 Å².